The van der Waals surface area contributed by atoms with E-state index in [1.165, 1.54) is 0 Å². The van der Waals surface area contributed by atoms with E-state index in [2.05, 4.69) is 55.1 Å². The molecule has 8 nitrogen and oxygen atoms in total. The van der Waals surface area contributed by atoms with Crippen molar-refractivity contribution in [1.29, 1.82) is 0 Å². The molecule has 1 N–H and O–H groups in total. The van der Waals surface area contributed by atoms with Gasteiger partial charge in [0.15, 0.2) is 12.1 Å². The molecule has 2 aromatic carbocycles. The lowest BCUT2D eigenvalue weighted by Crippen LogP contribution is -2.67. The van der Waals surface area contributed by atoms with E-state index in [0.29, 0.717) is 0 Å². The molecule has 0 aromatic heterocycles. The molecule has 4 rings (SSSR count). The van der Waals surface area contributed by atoms with Crippen LogP contribution in [-0.2, 0) is 18.6 Å². The van der Waals surface area contributed by atoms with Crippen molar-refractivity contribution in [2.45, 2.75) is 69.5 Å². The molecular weight excluding hydrogens is 450 g/mol. The average Bonchev–Trinajstić information content (AvgIpc) is 3.25. The first kappa shape index (κ1) is 24.9. The highest BCUT2D eigenvalue weighted by atomic mass is 28.4. The predicted octanol–water partition coefficient (Wildman–Crippen LogP) is 3.48. The summed E-state index contributed by atoms with van der Waals surface area (Å²) in [5, 5.41) is 16.5. The maximum atomic E-state index is 10.4. The Labute approximate surface area is 201 Å². The number of aliphatic hydroxyl groups is 1. The first-order chi connectivity index (χ1) is 16.1. The summed E-state index contributed by atoms with van der Waals surface area (Å²) in [6, 6.07) is 20.5. The van der Waals surface area contributed by atoms with Crippen molar-refractivity contribution < 1.29 is 23.7 Å². The fourth-order valence-corrected chi connectivity index (χ4v) is 9.76. The van der Waals surface area contributed by atoms with Gasteiger partial charge in [0.05, 0.1) is 19.3 Å². The summed E-state index contributed by atoms with van der Waals surface area (Å²) >= 11 is 0. The highest BCUT2D eigenvalue weighted by Crippen LogP contribution is 2.46. The largest absolute Gasteiger partial charge is 0.405 e. The van der Waals surface area contributed by atoms with Crippen LogP contribution in [0.2, 0.25) is 5.04 Å². The Bertz CT molecular complexity index is 1000. The van der Waals surface area contributed by atoms with Gasteiger partial charge in [-0.3, -0.25) is 0 Å². The second-order valence-corrected chi connectivity index (χ2v) is 14.7. The zero-order valence-corrected chi connectivity index (χ0v) is 21.3. The Balaban J connectivity index is 1.76. The van der Waals surface area contributed by atoms with Gasteiger partial charge in [-0.25, -0.2) is 0 Å². The number of hydrogen-bond donors (Lipinski definition) is 1. The van der Waals surface area contributed by atoms with Crippen LogP contribution in [0.4, 0.5) is 0 Å². The molecule has 0 radical (unpaired) electrons. The second-order valence-electron chi connectivity index (χ2n) is 10.4. The fraction of sp³-hybridized carbons (Fsp3) is 0.520. The van der Waals surface area contributed by atoms with Crippen molar-refractivity contribution in [3.8, 4) is 0 Å². The van der Waals surface area contributed by atoms with Crippen LogP contribution in [0.5, 0.6) is 0 Å². The zero-order chi connectivity index (χ0) is 24.6. The first-order valence-corrected chi connectivity index (χ1v) is 13.4. The van der Waals surface area contributed by atoms with Crippen molar-refractivity contribution in [2.75, 3.05) is 13.2 Å². The lowest BCUT2D eigenvalue weighted by atomic mass is 9.90. The molecule has 0 bridgehead atoms. The minimum absolute atomic E-state index is 0.104. The summed E-state index contributed by atoms with van der Waals surface area (Å²) in [4.78, 5) is 3.03. The number of aliphatic hydroxyl groups excluding tert-OH is 1. The highest BCUT2D eigenvalue weighted by molar-refractivity contribution is 6.99. The standard InChI is InChI=1S/C25H33N3O5Si/c1-23(2,3)34(18-12-8-6-9-13-18,19-14-10-7-11-15-19)30-16-20-25(17-29,27-28-26)21-22(31-20)33-24(4,5)32-21/h6-15,20-22,29H,16-17H2,1-5H3/t20-,21-,22+,25-/m1/s1. The summed E-state index contributed by atoms with van der Waals surface area (Å²) in [6.45, 7) is 9.74. The SMILES string of the molecule is CC1(C)O[C@@H]2O[C@H](CO[Si](c3ccccc3)(c3ccccc3)C(C)(C)C)[C@@](CO)(N=[N+]=[N-])[C@@H]2O1. The first-order valence-electron chi connectivity index (χ1n) is 11.5. The molecular formula is C25H33N3O5Si. The number of fused-ring (bicyclic) bond motifs is 1. The van der Waals surface area contributed by atoms with Crippen molar-refractivity contribution in [2.24, 2.45) is 5.11 Å². The van der Waals surface area contributed by atoms with Crippen molar-refractivity contribution in [1.82, 2.24) is 0 Å². The Kier molecular flexibility index (Phi) is 6.65. The minimum Gasteiger partial charge on any atom is -0.405 e. The second kappa shape index (κ2) is 9.09. The van der Waals surface area contributed by atoms with Gasteiger partial charge in [-0.2, -0.15) is 0 Å². The quantitative estimate of drug-likeness (QED) is 0.281. The highest BCUT2D eigenvalue weighted by Gasteiger charge is 2.64. The van der Waals surface area contributed by atoms with Crippen molar-refractivity contribution in [3.05, 3.63) is 71.1 Å². The molecule has 0 amide bonds. The van der Waals surface area contributed by atoms with Crippen LogP contribution in [0.15, 0.2) is 65.8 Å². The molecule has 0 saturated carbocycles. The van der Waals surface area contributed by atoms with E-state index in [1.807, 2.05) is 36.4 Å². The predicted molar refractivity (Wildman–Crippen MR) is 131 cm³/mol. The van der Waals surface area contributed by atoms with Crippen LogP contribution in [0.3, 0.4) is 0 Å². The Morgan fingerprint density at radius 2 is 1.59 bits per heavy atom. The van der Waals surface area contributed by atoms with Crippen LogP contribution in [0, 0.1) is 0 Å². The van der Waals surface area contributed by atoms with E-state index < -0.39 is 44.7 Å². The average molecular weight is 484 g/mol. The van der Waals surface area contributed by atoms with E-state index in [0.717, 1.165) is 10.4 Å². The lowest BCUT2D eigenvalue weighted by molar-refractivity contribution is -0.216. The van der Waals surface area contributed by atoms with Crippen LogP contribution < -0.4 is 10.4 Å². The molecule has 0 aliphatic carbocycles. The third-order valence-corrected chi connectivity index (χ3v) is 11.8. The molecule has 2 heterocycles. The van der Waals surface area contributed by atoms with Crippen LogP contribution in [0.25, 0.3) is 10.4 Å². The number of nitrogens with zero attached hydrogens (tertiary/aromatic N) is 3. The monoisotopic (exact) mass is 483 g/mol. The van der Waals surface area contributed by atoms with Crippen molar-refractivity contribution >= 4 is 18.7 Å². The van der Waals surface area contributed by atoms with Crippen molar-refractivity contribution in [3.63, 3.8) is 0 Å². The Morgan fingerprint density at radius 3 is 2.06 bits per heavy atom. The van der Waals surface area contributed by atoms with E-state index in [-0.39, 0.29) is 11.6 Å². The van der Waals surface area contributed by atoms with E-state index in [1.54, 1.807) is 13.8 Å². The van der Waals surface area contributed by atoms with E-state index in [4.69, 9.17) is 18.6 Å². The molecule has 0 spiro atoms. The van der Waals surface area contributed by atoms with Gasteiger partial charge in [-0.1, -0.05) is 86.5 Å². The summed E-state index contributed by atoms with van der Waals surface area (Å²) in [6.07, 6.45) is -2.25. The van der Waals surface area contributed by atoms with E-state index in [9.17, 15) is 10.6 Å². The molecule has 2 fully saturated rings. The van der Waals surface area contributed by atoms with Gasteiger partial charge < -0.3 is 23.7 Å². The molecule has 0 unspecified atom stereocenters. The van der Waals surface area contributed by atoms with Crippen LogP contribution >= 0.6 is 0 Å². The van der Waals surface area contributed by atoms with E-state index >= 15 is 0 Å². The smallest absolute Gasteiger partial charge is 0.261 e. The maximum absolute atomic E-state index is 10.4. The normalized spacial score (nSPS) is 28.4. The number of benzene rings is 2. The fourth-order valence-electron chi connectivity index (χ4n) is 5.20. The molecule has 9 heteroatoms. The molecule has 2 saturated heterocycles. The summed E-state index contributed by atoms with van der Waals surface area (Å²) in [7, 11) is -2.86. The Hall–Kier alpha value is -2.23. The van der Waals surface area contributed by atoms with Gasteiger partial charge in [-0.15, -0.1) is 0 Å². The third kappa shape index (κ3) is 4.07. The molecule has 2 aliphatic rings. The number of hydrogen-bond acceptors (Lipinski definition) is 6. The van der Waals surface area contributed by atoms with Gasteiger partial charge in [0.2, 0.25) is 0 Å². The molecule has 2 aromatic rings. The van der Waals surface area contributed by atoms with Gasteiger partial charge in [0.1, 0.15) is 11.6 Å². The topological polar surface area (TPSA) is 106 Å². The van der Waals surface area contributed by atoms with Gasteiger partial charge >= 0.3 is 0 Å². The zero-order valence-electron chi connectivity index (χ0n) is 20.3. The maximum Gasteiger partial charge on any atom is 0.261 e. The minimum atomic E-state index is -2.86. The van der Waals surface area contributed by atoms with Gasteiger partial charge in [0, 0.05) is 4.91 Å². The number of azide groups is 1. The third-order valence-electron chi connectivity index (χ3n) is 6.76. The van der Waals surface area contributed by atoms with Crippen LogP contribution in [0.1, 0.15) is 34.6 Å². The Morgan fingerprint density at radius 1 is 1.03 bits per heavy atom. The molecule has 34 heavy (non-hydrogen) atoms. The number of rotatable bonds is 7. The lowest BCUT2D eigenvalue weighted by Gasteiger charge is -2.44. The summed E-state index contributed by atoms with van der Waals surface area (Å²) < 4.78 is 25.1. The summed E-state index contributed by atoms with van der Waals surface area (Å²) in [5.74, 6) is -0.912. The number of ether oxygens (including phenoxy) is 3. The molecule has 182 valence electrons. The molecule has 4 atom stereocenters. The van der Waals surface area contributed by atoms with Gasteiger partial charge in [-0.05, 0) is 34.8 Å². The van der Waals surface area contributed by atoms with Crippen LogP contribution in [-0.4, -0.2) is 56.5 Å². The van der Waals surface area contributed by atoms with Gasteiger partial charge in [0.25, 0.3) is 8.32 Å². The molecule has 2 aliphatic heterocycles. The summed E-state index contributed by atoms with van der Waals surface area (Å²) in [5.41, 5.74) is 8.00.